The van der Waals surface area contributed by atoms with Gasteiger partial charge < -0.3 is 29.1 Å². The first kappa shape index (κ1) is 29.8. The summed E-state index contributed by atoms with van der Waals surface area (Å²) >= 11 is 0. The fourth-order valence-electron chi connectivity index (χ4n) is 6.87. The highest BCUT2D eigenvalue weighted by molar-refractivity contribution is 6.05. The number of aliphatic hydroxyl groups excluding tert-OH is 1. The maximum Gasteiger partial charge on any atom is 0.312 e. The minimum absolute atomic E-state index is 0.0981. The Kier molecular flexibility index (Phi) is 8.75. The van der Waals surface area contributed by atoms with Crippen molar-refractivity contribution in [2.45, 2.75) is 69.7 Å². The van der Waals surface area contributed by atoms with Crippen molar-refractivity contribution in [3.63, 3.8) is 0 Å². The smallest absolute Gasteiger partial charge is 0.312 e. The van der Waals surface area contributed by atoms with Gasteiger partial charge >= 0.3 is 5.97 Å². The van der Waals surface area contributed by atoms with Crippen molar-refractivity contribution >= 4 is 23.5 Å². The van der Waals surface area contributed by atoms with Gasteiger partial charge in [-0.05, 0) is 56.4 Å². The largest absolute Gasteiger partial charge is 0.497 e. The van der Waals surface area contributed by atoms with Gasteiger partial charge in [-0.2, -0.15) is 0 Å². The minimum Gasteiger partial charge on any atom is -0.497 e. The van der Waals surface area contributed by atoms with E-state index in [0.717, 1.165) is 0 Å². The number of methoxy groups -OCH3 is 1. The summed E-state index contributed by atoms with van der Waals surface area (Å²) in [7, 11) is 1.57. The molecule has 3 aliphatic rings. The number of benzene rings is 1. The molecule has 0 aliphatic carbocycles. The van der Waals surface area contributed by atoms with E-state index in [1.165, 1.54) is 4.90 Å². The molecule has 1 aromatic rings. The number of ether oxygens (including phenoxy) is 3. The molecule has 4 rings (SSSR count). The van der Waals surface area contributed by atoms with E-state index in [1.807, 2.05) is 20.8 Å². The fraction of sp³-hybridized carbons (Fsp3) is 0.581. The highest BCUT2D eigenvalue weighted by Crippen LogP contribution is 2.64. The number of hydrogen-bond acceptors (Lipinski definition) is 7. The first-order valence-corrected chi connectivity index (χ1v) is 14.1. The molecule has 0 aromatic heterocycles. The lowest BCUT2D eigenvalue weighted by atomic mass is 9.66. The molecule has 2 amide bonds. The van der Waals surface area contributed by atoms with E-state index in [9.17, 15) is 19.5 Å². The molecular weight excluding hydrogens is 512 g/mol. The number of amides is 2. The number of rotatable bonds is 13. The fourth-order valence-corrected chi connectivity index (χ4v) is 6.87. The van der Waals surface area contributed by atoms with Crippen LogP contribution in [0, 0.1) is 17.8 Å². The molecule has 40 heavy (non-hydrogen) atoms. The van der Waals surface area contributed by atoms with Crippen molar-refractivity contribution in [1.29, 1.82) is 0 Å². The quantitative estimate of drug-likeness (QED) is 0.226. The highest BCUT2D eigenvalue weighted by Gasteiger charge is 2.79. The number of nitrogens with zero attached hydrogens (tertiary/aromatic N) is 2. The summed E-state index contributed by atoms with van der Waals surface area (Å²) < 4.78 is 17.6. The van der Waals surface area contributed by atoms with E-state index in [-0.39, 0.29) is 37.5 Å². The zero-order chi connectivity index (χ0) is 29.2. The molecule has 2 unspecified atom stereocenters. The molecule has 2 bridgehead atoms. The zero-order valence-electron chi connectivity index (χ0n) is 24.0. The van der Waals surface area contributed by atoms with Gasteiger partial charge in [-0.1, -0.05) is 32.4 Å². The van der Waals surface area contributed by atoms with Crippen molar-refractivity contribution < 1.29 is 33.7 Å². The first-order chi connectivity index (χ1) is 19.1. The Morgan fingerprint density at radius 3 is 2.52 bits per heavy atom. The van der Waals surface area contributed by atoms with E-state index in [0.29, 0.717) is 37.1 Å². The number of fused-ring (bicyclic) bond motifs is 1. The molecule has 3 aliphatic heterocycles. The van der Waals surface area contributed by atoms with Crippen LogP contribution in [0.15, 0.2) is 49.6 Å². The van der Waals surface area contributed by atoms with Crippen LogP contribution in [0.25, 0.3) is 0 Å². The van der Waals surface area contributed by atoms with Gasteiger partial charge in [-0.3, -0.25) is 14.4 Å². The molecule has 9 heteroatoms. The van der Waals surface area contributed by atoms with E-state index in [2.05, 4.69) is 13.2 Å². The normalized spacial score (nSPS) is 30.0. The van der Waals surface area contributed by atoms with Crippen LogP contribution < -0.4 is 9.64 Å². The van der Waals surface area contributed by atoms with Gasteiger partial charge in [0.1, 0.15) is 23.3 Å². The van der Waals surface area contributed by atoms with Gasteiger partial charge in [0.05, 0.1) is 37.9 Å². The monoisotopic (exact) mass is 554 g/mol. The van der Waals surface area contributed by atoms with Crippen molar-refractivity contribution in [1.82, 2.24) is 4.90 Å². The lowest BCUT2D eigenvalue weighted by Crippen LogP contribution is -2.60. The summed E-state index contributed by atoms with van der Waals surface area (Å²) in [4.78, 5) is 45.6. The molecule has 3 saturated heterocycles. The number of esters is 1. The van der Waals surface area contributed by atoms with Crippen LogP contribution in [0.3, 0.4) is 0 Å². The third kappa shape index (κ3) is 4.73. The molecule has 0 saturated carbocycles. The van der Waals surface area contributed by atoms with Crippen molar-refractivity contribution in [2.75, 3.05) is 31.8 Å². The third-order valence-corrected chi connectivity index (χ3v) is 9.08. The third-order valence-electron chi connectivity index (χ3n) is 9.08. The number of carbonyl (C=O) groups is 3. The topological polar surface area (TPSA) is 106 Å². The summed E-state index contributed by atoms with van der Waals surface area (Å²) in [6.07, 6.45) is 5.42. The Bertz CT molecular complexity index is 1140. The minimum atomic E-state index is -1.22. The van der Waals surface area contributed by atoms with E-state index in [1.54, 1.807) is 48.4 Å². The molecule has 3 heterocycles. The van der Waals surface area contributed by atoms with Gasteiger partial charge in [-0.15, -0.1) is 13.2 Å². The van der Waals surface area contributed by atoms with Crippen LogP contribution in [0.4, 0.5) is 5.69 Å². The summed E-state index contributed by atoms with van der Waals surface area (Å²) in [5.74, 6) is -2.39. The Labute approximate surface area is 236 Å². The molecular formula is C31H42N2O7. The molecule has 7 atom stereocenters. The molecule has 1 aromatic carbocycles. The van der Waals surface area contributed by atoms with E-state index in [4.69, 9.17) is 14.2 Å². The van der Waals surface area contributed by atoms with Gasteiger partial charge in [0.2, 0.25) is 5.91 Å². The maximum atomic E-state index is 14.7. The average Bonchev–Trinajstić information content (AvgIpc) is 3.52. The van der Waals surface area contributed by atoms with Crippen LogP contribution in [-0.4, -0.2) is 77.9 Å². The maximum absolute atomic E-state index is 14.7. The second-order valence-electron chi connectivity index (χ2n) is 11.3. The molecule has 0 radical (unpaired) electrons. The number of likely N-dealkylation sites (tertiary alicyclic amines) is 1. The Hall–Kier alpha value is -3.17. The highest BCUT2D eigenvalue weighted by atomic mass is 16.6. The molecule has 1 N–H and O–H groups in total. The zero-order valence-corrected chi connectivity index (χ0v) is 24.0. The van der Waals surface area contributed by atoms with Crippen LogP contribution in [0.5, 0.6) is 5.75 Å². The van der Waals surface area contributed by atoms with Crippen molar-refractivity contribution in [2.24, 2.45) is 17.8 Å². The van der Waals surface area contributed by atoms with Gasteiger partial charge in [0.15, 0.2) is 0 Å². The average molecular weight is 555 g/mol. The second kappa shape index (κ2) is 11.7. The number of hydrogen-bond donors (Lipinski definition) is 1. The standard InChI is InChI=1S/C31H42N2O7/c1-7-10-18-39-29(37)25-24-27(35)33(23(19-34)20(4)9-3)26(31(24)16-15-30(25,5)40-31)28(36)32(17-8-2)21-11-13-22(38-6)14-12-21/h7-8,11-14,20,23-26,34H,1-2,9-10,15-19H2,3-6H3/t20-,23-,24-,25+,26?,30-,31?/m0/s1. The molecule has 3 fully saturated rings. The summed E-state index contributed by atoms with van der Waals surface area (Å²) in [6, 6.07) is 5.43. The van der Waals surface area contributed by atoms with Crippen molar-refractivity contribution in [3.8, 4) is 5.75 Å². The van der Waals surface area contributed by atoms with E-state index >= 15 is 0 Å². The predicted octanol–water partition coefficient (Wildman–Crippen LogP) is 3.51. The molecule has 1 spiro atoms. The van der Waals surface area contributed by atoms with Crippen LogP contribution in [-0.2, 0) is 23.9 Å². The lowest BCUT2D eigenvalue weighted by Gasteiger charge is -2.41. The Morgan fingerprint density at radius 1 is 1.25 bits per heavy atom. The second-order valence-corrected chi connectivity index (χ2v) is 11.3. The Morgan fingerprint density at radius 2 is 1.95 bits per heavy atom. The number of carbonyl (C=O) groups excluding carboxylic acids is 3. The van der Waals surface area contributed by atoms with Crippen molar-refractivity contribution in [3.05, 3.63) is 49.6 Å². The van der Waals surface area contributed by atoms with Crippen LogP contribution >= 0.6 is 0 Å². The van der Waals surface area contributed by atoms with Crippen LogP contribution in [0.1, 0.15) is 46.5 Å². The summed E-state index contributed by atoms with van der Waals surface area (Å²) in [6.45, 7) is 13.3. The van der Waals surface area contributed by atoms with Gasteiger partial charge in [-0.25, -0.2) is 0 Å². The van der Waals surface area contributed by atoms with Crippen LogP contribution in [0.2, 0.25) is 0 Å². The Balaban J connectivity index is 1.82. The van der Waals surface area contributed by atoms with Gasteiger partial charge in [0, 0.05) is 12.2 Å². The SMILES string of the molecule is C=CCCOC(=O)[C@H]1[C@H]2C(=O)N([C@@H](CO)[C@@H](C)CC)C(C(=O)N(CC=C)c3ccc(OC)cc3)C23CC[C@]1(C)O3. The number of aliphatic hydroxyl groups is 1. The molecule has 218 valence electrons. The predicted molar refractivity (Wildman–Crippen MR) is 151 cm³/mol. The molecule has 9 nitrogen and oxygen atoms in total. The summed E-state index contributed by atoms with van der Waals surface area (Å²) in [5, 5.41) is 10.5. The summed E-state index contributed by atoms with van der Waals surface area (Å²) in [5.41, 5.74) is -1.55. The first-order valence-electron chi connectivity index (χ1n) is 14.1. The van der Waals surface area contributed by atoms with Gasteiger partial charge in [0.25, 0.3) is 5.91 Å². The van der Waals surface area contributed by atoms with E-state index < -0.39 is 41.1 Å². The lowest BCUT2D eigenvalue weighted by molar-refractivity contribution is -0.160. The number of anilines is 1.